The van der Waals surface area contributed by atoms with E-state index in [0.717, 1.165) is 5.56 Å². The summed E-state index contributed by atoms with van der Waals surface area (Å²) in [6.45, 7) is 6.58. The van der Waals surface area contributed by atoms with Crippen LogP contribution < -0.4 is 20.1 Å². The molecule has 0 spiro atoms. The number of rotatable bonds is 4. The highest BCUT2D eigenvalue weighted by Gasteiger charge is 2.29. The van der Waals surface area contributed by atoms with E-state index in [9.17, 15) is 13.2 Å². The van der Waals surface area contributed by atoms with Crippen LogP contribution >= 0.6 is 0 Å². The van der Waals surface area contributed by atoms with E-state index in [4.69, 9.17) is 9.47 Å². The minimum atomic E-state index is -3.82. The molecule has 0 aliphatic carbocycles. The highest BCUT2D eigenvalue weighted by Crippen LogP contribution is 2.34. The summed E-state index contributed by atoms with van der Waals surface area (Å²) in [5, 5.41) is 5.91. The molecule has 0 fully saturated rings. The molecule has 9 heteroatoms. The fourth-order valence-electron chi connectivity index (χ4n) is 3.97. The fourth-order valence-corrected chi connectivity index (χ4v) is 5.54. The first-order valence-electron chi connectivity index (χ1n) is 10.5. The standard InChI is InChI=1S/C24H23N3O5S/c1-15-11-20-16(2)26-19-12-17(7-8-23(19)33(29,30)27(20)13-15)24(28)25-10-9-18-14-31-21-5-3-4-6-22(21)32-18/h3-8,11-13,18,26H,2,9-10,14H2,1H3,(H,25,28)/t18-/m0/s1. The number of hydrogen-bond acceptors (Lipinski definition) is 6. The molecule has 0 bridgehead atoms. The highest BCUT2D eigenvalue weighted by atomic mass is 32.2. The molecule has 170 valence electrons. The average molecular weight is 466 g/mol. The van der Waals surface area contributed by atoms with Gasteiger partial charge in [-0.2, -0.15) is 0 Å². The molecule has 0 unspecified atom stereocenters. The average Bonchev–Trinajstić information content (AvgIpc) is 3.18. The van der Waals surface area contributed by atoms with Gasteiger partial charge in [0.15, 0.2) is 11.5 Å². The van der Waals surface area contributed by atoms with Gasteiger partial charge >= 0.3 is 0 Å². The van der Waals surface area contributed by atoms with Crippen molar-refractivity contribution in [1.82, 2.24) is 9.29 Å². The predicted octanol–water partition coefficient (Wildman–Crippen LogP) is 3.39. The summed E-state index contributed by atoms with van der Waals surface area (Å²) in [6.07, 6.45) is 1.96. The number of anilines is 1. The van der Waals surface area contributed by atoms with Gasteiger partial charge in [0.25, 0.3) is 15.9 Å². The molecule has 2 aliphatic heterocycles. The van der Waals surface area contributed by atoms with Crippen LogP contribution in [0, 0.1) is 6.92 Å². The first-order chi connectivity index (χ1) is 15.8. The highest BCUT2D eigenvalue weighted by molar-refractivity contribution is 7.90. The van der Waals surface area contributed by atoms with Crippen LogP contribution in [-0.2, 0) is 10.0 Å². The Labute approximate surface area is 191 Å². The third-order valence-electron chi connectivity index (χ3n) is 5.62. The topological polar surface area (TPSA) is 98.7 Å². The van der Waals surface area contributed by atoms with Crippen molar-refractivity contribution in [3.05, 3.63) is 78.1 Å². The SMILES string of the molecule is C=C1Nc2cc(C(=O)NCC[C@H]3COc4ccccc4O3)ccc2S(=O)(=O)n2cc(C)cc21. The maximum atomic E-state index is 13.1. The molecular formula is C24H23N3O5S. The zero-order valence-electron chi connectivity index (χ0n) is 18.0. The minimum Gasteiger partial charge on any atom is -0.486 e. The molecule has 1 aromatic heterocycles. The van der Waals surface area contributed by atoms with Gasteiger partial charge in [-0.25, -0.2) is 12.4 Å². The van der Waals surface area contributed by atoms with Crippen LogP contribution in [0.5, 0.6) is 11.5 Å². The van der Waals surface area contributed by atoms with Crippen LogP contribution in [0.1, 0.15) is 28.0 Å². The lowest BCUT2D eigenvalue weighted by Gasteiger charge is -2.26. The molecule has 1 atom stereocenters. The number of aromatic nitrogens is 1. The Bertz CT molecular complexity index is 1380. The zero-order valence-corrected chi connectivity index (χ0v) is 18.8. The lowest BCUT2D eigenvalue weighted by atomic mass is 10.1. The van der Waals surface area contributed by atoms with Gasteiger partial charge in [0.2, 0.25) is 0 Å². The first kappa shape index (κ1) is 21.1. The van der Waals surface area contributed by atoms with Crippen LogP contribution in [0.2, 0.25) is 0 Å². The summed E-state index contributed by atoms with van der Waals surface area (Å²) in [7, 11) is -3.82. The number of hydrogen-bond donors (Lipinski definition) is 2. The third kappa shape index (κ3) is 3.84. The lowest BCUT2D eigenvalue weighted by Crippen LogP contribution is -2.34. The molecule has 1 amide bonds. The summed E-state index contributed by atoms with van der Waals surface area (Å²) in [5.74, 6) is 1.10. The molecule has 8 nitrogen and oxygen atoms in total. The fraction of sp³-hybridized carbons (Fsp3) is 0.208. The van der Waals surface area contributed by atoms with Crippen LogP contribution in [0.4, 0.5) is 5.69 Å². The van der Waals surface area contributed by atoms with Crippen molar-refractivity contribution in [1.29, 1.82) is 0 Å². The van der Waals surface area contributed by atoms with Crippen molar-refractivity contribution < 1.29 is 22.7 Å². The molecule has 33 heavy (non-hydrogen) atoms. The number of ether oxygens (including phenoxy) is 2. The Morgan fingerprint density at radius 1 is 1.21 bits per heavy atom. The van der Waals surface area contributed by atoms with E-state index in [2.05, 4.69) is 17.2 Å². The number of fused-ring (bicyclic) bond motifs is 3. The number of amides is 1. The van der Waals surface area contributed by atoms with E-state index >= 15 is 0 Å². The molecule has 3 aromatic rings. The summed E-state index contributed by atoms with van der Waals surface area (Å²) < 4.78 is 39.1. The maximum absolute atomic E-state index is 13.1. The van der Waals surface area contributed by atoms with Crippen molar-refractivity contribution in [2.75, 3.05) is 18.5 Å². The summed E-state index contributed by atoms with van der Waals surface area (Å²) in [5.41, 5.74) is 2.38. The van der Waals surface area contributed by atoms with Crippen molar-refractivity contribution in [2.24, 2.45) is 0 Å². The Morgan fingerprint density at radius 2 is 2.00 bits per heavy atom. The summed E-state index contributed by atoms with van der Waals surface area (Å²) in [6, 6.07) is 13.7. The van der Waals surface area contributed by atoms with Crippen molar-refractivity contribution >= 4 is 27.3 Å². The van der Waals surface area contributed by atoms with E-state index in [0.29, 0.717) is 53.7 Å². The number of carbonyl (C=O) groups excluding carboxylic acids is 1. The number of nitrogens with one attached hydrogen (secondary N) is 2. The lowest BCUT2D eigenvalue weighted by molar-refractivity contribution is 0.0813. The van der Waals surface area contributed by atoms with Gasteiger partial charge in [0.1, 0.15) is 17.6 Å². The first-order valence-corrected chi connectivity index (χ1v) is 12.0. The van der Waals surface area contributed by atoms with E-state index in [1.807, 2.05) is 31.2 Å². The number of para-hydroxylation sites is 2. The van der Waals surface area contributed by atoms with Crippen LogP contribution in [0.25, 0.3) is 5.70 Å². The number of benzene rings is 2. The second kappa shape index (κ2) is 8.00. The number of aryl methyl sites for hydroxylation is 1. The third-order valence-corrected chi connectivity index (χ3v) is 7.35. The molecular weight excluding hydrogens is 442 g/mol. The maximum Gasteiger partial charge on any atom is 0.270 e. The van der Waals surface area contributed by atoms with Crippen LogP contribution in [0.15, 0.2) is 66.2 Å². The monoisotopic (exact) mass is 465 g/mol. The second-order valence-electron chi connectivity index (χ2n) is 8.06. The Balaban J connectivity index is 1.28. The number of nitrogens with zero attached hydrogens (tertiary/aromatic N) is 1. The van der Waals surface area contributed by atoms with Gasteiger partial charge in [0.05, 0.1) is 17.1 Å². The number of carbonyl (C=O) groups is 1. The van der Waals surface area contributed by atoms with Crippen molar-refractivity contribution in [2.45, 2.75) is 24.3 Å². The van der Waals surface area contributed by atoms with E-state index in [1.165, 1.54) is 22.2 Å². The Hall–Kier alpha value is -3.72. The van der Waals surface area contributed by atoms with Gasteiger partial charge in [-0.3, -0.25) is 4.79 Å². The van der Waals surface area contributed by atoms with Crippen LogP contribution in [-0.4, -0.2) is 37.6 Å². The molecule has 5 rings (SSSR count). The van der Waals surface area contributed by atoms with E-state index < -0.39 is 10.0 Å². The predicted molar refractivity (Wildman–Crippen MR) is 124 cm³/mol. The molecule has 2 N–H and O–H groups in total. The largest absolute Gasteiger partial charge is 0.486 e. The van der Waals surface area contributed by atoms with Gasteiger partial charge in [0, 0.05) is 24.7 Å². The van der Waals surface area contributed by atoms with Gasteiger partial charge < -0.3 is 20.1 Å². The quantitative estimate of drug-likeness (QED) is 0.613. The van der Waals surface area contributed by atoms with Gasteiger partial charge in [-0.15, -0.1) is 0 Å². The van der Waals surface area contributed by atoms with Crippen molar-refractivity contribution in [3.63, 3.8) is 0 Å². The Morgan fingerprint density at radius 3 is 2.82 bits per heavy atom. The smallest absolute Gasteiger partial charge is 0.270 e. The van der Waals surface area contributed by atoms with Crippen molar-refractivity contribution in [3.8, 4) is 11.5 Å². The van der Waals surface area contributed by atoms with Crippen LogP contribution in [0.3, 0.4) is 0 Å². The zero-order chi connectivity index (χ0) is 23.2. The van der Waals surface area contributed by atoms with E-state index in [1.54, 1.807) is 12.3 Å². The molecule has 0 radical (unpaired) electrons. The molecule has 2 aromatic carbocycles. The minimum absolute atomic E-state index is 0.0842. The molecule has 3 heterocycles. The normalized spacial score (nSPS) is 17.8. The molecule has 0 saturated heterocycles. The van der Waals surface area contributed by atoms with Gasteiger partial charge in [-0.05, 0) is 48.9 Å². The Kier molecular flexibility index (Phi) is 5.13. The van der Waals surface area contributed by atoms with Gasteiger partial charge in [-0.1, -0.05) is 18.7 Å². The molecule has 0 saturated carbocycles. The summed E-state index contributed by atoms with van der Waals surface area (Å²) >= 11 is 0. The van der Waals surface area contributed by atoms with E-state index in [-0.39, 0.29) is 16.9 Å². The summed E-state index contributed by atoms with van der Waals surface area (Å²) in [4.78, 5) is 12.8. The second-order valence-corrected chi connectivity index (χ2v) is 9.84. The molecule has 2 aliphatic rings.